The predicted octanol–water partition coefficient (Wildman–Crippen LogP) is 2.47. The molecule has 0 aliphatic heterocycles. The van der Waals surface area contributed by atoms with Crippen LogP contribution in [-0.4, -0.2) is 24.3 Å². The van der Waals surface area contributed by atoms with Crippen molar-refractivity contribution in [3.63, 3.8) is 0 Å². The maximum Gasteiger partial charge on any atom is 0.271 e. The lowest BCUT2D eigenvalue weighted by molar-refractivity contribution is 0.0955. The molecule has 2 rings (SSSR count). The number of nitrogens with zero attached hydrogens (tertiary/aromatic N) is 1. The zero-order chi connectivity index (χ0) is 15.2. The largest absolute Gasteiger partial charge is 0.507 e. The van der Waals surface area contributed by atoms with Crippen molar-refractivity contribution in [3.8, 4) is 11.5 Å². The van der Waals surface area contributed by atoms with Gasteiger partial charge in [-0.05, 0) is 37.3 Å². The van der Waals surface area contributed by atoms with E-state index in [9.17, 15) is 9.90 Å². The summed E-state index contributed by atoms with van der Waals surface area (Å²) in [6.45, 7) is 1.95. The molecule has 1 amide bonds. The molecule has 0 saturated heterocycles. The molecular weight excluding hydrogens is 268 g/mol. The van der Waals surface area contributed by atoms with E-state index < -0.39 is 0 Å². The summed E-state index contributed by atoms with van der Waals surface area (Å²) in [5.74, 6) is 0.344. The van der Waals surface area contributed by atoms with E-state index in [-0.39, 0.29) is 11.7 Å². The van der Waals surface area contributed by atoms with E-state index in [0.29, 0.717) is 16.9 Å². The van der Waals surface area contributed by atoms with Gasteiger partial charge in [0.15, 0.2) is 0 Å². The normalized spacial score (nSPS) is 10.6. The number of nitrogens with one attached hydrogen (secondary N) is 1. The Morgan fingerprint density at radius 3 is 2.62 bits per heavy atom. The maximum atomic E-state index is 11.8. The monoisotopic (exact) mass is 284 g/mol. The smallest absolute Gasteiger partial charge is 0.271 e. The average Bonchev–Trinajstić information content (AvgIpc) is 2.49. The molecular formula is C16H16N2O3. The fourth-order valence-electron chi connectivity index (χ4n) is 1.69. The molecule has 0 aliphatic rings. The molecule has 21 heavy (non-hydrogen) atoms. The van der Waals surface area contributed by atoms with E-state index in [0.717, 1.165) is 5.56 Å². The number of ether oxygens (including phenoxy) is 1. The molecule has 0 unspecified atom stereocenters. The Balaban J connectivity index is 2.05. The van der Waals surface area contributed by atoms with Crippen molar-refractivity contribution in [1.29, 1.82) is 0 Å². The van der Waals surface area contributed by atoms with Gasteiger partial charge in [-0.15, -0.1) is 0 Å². The molecule has 2 aromatic rings. The van der Waals surface area contributed by atoms with Gasteiger partial charge in [0.05, 0.1) is 13.3 Å². The standard InChI is InChI=1S/C16H16N2O3/c1-11-3-5-12(6-4-11)16(20)18-17-10-13-9-14(21-2)7-8-15(13)19/h3-10,19H,1-2H3,(H,18,20)/b17-10+. The second-order valence-electron chi connectivity index (χ2n) is 4.49. The minimum Gasteiger partial charge on any atom is -0.507 e. The third kappa shape index (κ3) is 3.82. The van der Waals surface area contributed by atoms with Crippen molar-refractivity contribution in [2.45, 2.75) is 6.92 Å². The number of hydrogen-bond acceptors (Lipinski definition) is 4. The van der Waals surface area contributed by atoms with Crippen molar-refractivity contribution in [2.24, 2.45) is 5.10 Å². The number of aryl methyl sites for hydroxylation is 1. The number of hydrogen-bond donors (Lipinski definition) is 2. The van der Waals surface area contributed by atoms with Gasteiger partial charge in [-0.1, -0.05) is 17.7 Å². The quantitative estimate of drug-likeness (QED) is 0.669. The van der Waals surface area contributed by atoms with Crippen LogP contribution in [0.5, 0.6) is 11.5 Å². The van der Waals surface area contributed by atoms with Gasteiger partial charge in [-0.2, -0.15) is 5.10 Å². The summed E-state index contributed by atoms with van der Waals surface area (Å²) in [5.41, 5.74) is 4.47. The Kier molecular flexibility index (Phi) is 4.56. The number of carbonyl (C=O) groups excluding carboxylic acids is 1. The van der Waals surface area contributed by atoms with Crippen LogP contribution in [0, 0.1) is 6.92 Å². The minimum atomic E-state index is -0.311. The van der Waals surface area contributed by atoms with Gasteiger partial charge in [0.25, 0.3) is 5.91 Å². The Bertz CT molecular complexity index is 664. The van der Waals surface area contributed by atoms with Gasteiger partial charge < -0.3 is 9.84 Å². The van der Waals surface area contributed by atoms with E-state index in [2.05, 4.69) is 10.5 Å². The molecule has 2 aromatic carbocycles. The molecule has 0 radical (unpaired) electrons. The van der Waals surface area contributed by atoms with Crippen LogP contribution < -0.4 is 10.2 Å². The van der Waals surface area contributed by atoms with Gasteiger partial charge >= 0.3 is 0 Å². The molecule has 0 aromatic heterocycles. The van der Waals surface area contributed by atoms with E-state index in [1.807, 2.05) is 19.1 Å². The molecule has 5 heteroatoms. The third-order valence-corrected chi connectivity index (χ3v) is 2.92. The van der Waals surface area contributed by atoms with Crippen LogP contribution in [0.25, 0.3) is 0 Å². The van der Waals surface area contributed by atoms with E-state index in [1.54, 1.807) is 24.3 Å². The molecule has 0 aliphatic carbocycles. The van der Waals surface area contributed by atoms with Crippen molar-refractivity contribution >= 4 is 12.1 Å². The van der Waals surface area contributed by atoms with Crippen molar-refractivity contribution in [1.82, 2.24) is 5.43 Å². The minimum absolute atomic E-state index is 0.0594. The number of rotatable bonds is 4. The van der Waals surface area contributed by atoms with Crippen LogP contribution in [0.2, 0.25) is 0 Å². The van der Waals surface area contributed by atoms with E-state index in [1.165, 1.54) is 19.4 Å². The van der Waals surface area contributed by atoms with E-state index >= 15 is 0 Å². The summed E-state index contributed by atoms with van der Waals surface area (Å²) in [6.07, 6.45) is 1.37. The molecule has 0 spiro atoms. The van der Waals surface area contributed by atoms with Crippen LogP contribution in [0.3, 0.4) is 0 Å². The molecule has 0 bridgehead atoms. The highest BCUT2D eigenvalue weighted by Gasteiger charge is 2.04. The SMILES string of the molecule is COc1ccc(O)c(/C=N/NC(=O)c2ccc(C)cc2)c1. The molecule has 0 atom stereocenters. The van der Waals surface area contributed by atoms with Crippen molar-refractivity contribution < 1.29 is 14.6 Å². The Morgan fingerprint density at radius 1 is 1.24 bits per heavy atom. The number of benzene rings is 2. The Labute approximate surface area is 122 Å². The van der Waals surface area contributed by atoms with Crippen LogP contribution in [-0.2, 0) is 0 Å². The van der Waals surface area contributed by atoms with Crippen LogP contribution >= 0.6 is 0 Å². The first-order valence-electron chi connectivity index (χ1n) is 6.37. The number of hydrazone groups is 1. The summed E-state index contributed by atoms with van der Waals surface area (Å²) in [7, 11) is 1.53. The number of phenolic OH excluding ortho intramolecular Hbond substituents is 1. The fourth-order valence-corrected chi connectivity index (χ4v) is 1.69. The second-order valence-corrected chi connectivity index (χ2v) is 4.49. The molecule has 5 nitrogen and oxygen atoms in total. The lowest BCUT2D eigenvalue weighted by atomic mass is 10.1. The summed E-state index contributed by atoms with van der Waals surface area (Å²) >= 11 is 0. The lowest BCUT2D eigenvalue weighted by Gasteiger charge is -2.03. The Morgan fingerprint density at radius 2 is 1.95 bits per heavy atom. The van der Waals surface area contributed by atoms with Gasteiger partial charge in [0, 0.05) is 11.1 Å². The molecule has 0 heterocycles. The van der Waals surface area contributed by atoms with Crippen LogP contribution in [0.1, 0.15) is 21.5 Å². The molecule has 0 fully saturated rings. The first kappa shape index (κ1) is 14.6. The molecule has 0 saturated carbocycles. The first-order valence-corrected chi connectivity index (χ1v) is 6.37. The number of aromatic hydroxyl groups is 1. The maximum absolute atomic E-state index is 11.8. The zero-order valence-corrected chi connectivity index (χ0v) is 11.8. The van der Waals surface area contributed by atoms with Gasteiger partial charge in [-0.25, -0.2) is 5.43 Å². The first-order chi connectivity index (χ1) is 10.1. The fraction of sp³-hybridized carbons (Fsp3) is 0.125. The topological polar surface area (TPSA) is 70.9 Å². The summed E-state index contributed by atoms with van der Waals surface area (Å²) in [4.78, 5) is 11.8. The second kappa shape index (κ2) is 6.56. The molecule has 108 valence electrons. The van der Waals surface area contributed by atoms with Crippen molar-refractivity contribution in [2.75, 3.05) is 7.11 Å². The molecule has 2 N–H and O–H groups in total. The summed E-state index contributed by atoms with van der Waals surface area (Å²) < 4.78 is 5.06. The lowest BCUT2D eigenvalue weighted by Crippen LogP contribution is -2.17. The Hall–Kier alpha value is -2.82. The van der Waals surface area contributed by atoms with Crippen LogP contribution in [0.4, 0.5) is 0 Å². The van der Waals surface area contributed by atoms with Gasteiger partial charge in [0.1, 0.15) is 11.5 Å². The van der Waals surface area contributed by atoms with Crippen LogP contribution in [0.15, 0.2) is 47.6 Å². The summed E-state index contributed by atoms with van der Waals surface area (Å²) in [5, 5.41) is 13.5. The highest BCUT2D eigenvalue weighted by Crippen LogP contribution is 2.20. The number of carbonyl (C=O) groups is 1. The highest BCUT2D eigenvalue weighted by molar-refractivity contribution is 5.95. The summed E-state index contributed by atoms with van der Waals surface area (Å²) in [6, 6.07) is 11.9. The number of phenols is 1. The third-order valence-electron chi connectivity index (χ3n) is 2.92. The highest BCUT2D eigenvalue weighted by atomic mass is 16.5. The zero-order valence-electron chi connectivity index (χ0n) is 11.8. The van der Waals surface area contributed by atoms with Gasteiger partial charge in [-0.3, -0.25) is 4.79 Å². The van der Waals surface area contributed by atoms with Gasteiger partial charge in [0.2, 0.25) is 0 Å². The number of methoxy groups -OCH3 is 1. The van der Waals surface area contributed by atoms with Crippen molar-refractivity contribution in [3.05, 3.63) is 59.2 Å². The number of amides is 1. The average molecular weight is 284 g/mol. The van der Waals surface area contributed by atoms with E-state index in [4.69, 9.17) is 4.74 Å². The predicted molar refractivity (Wildman–Crippen MR) is 80.9 cm³/mol.